The van der Waals surface area contributed by atoms with Gasteiger partial charge in [0.1, 0.15) is 0 Å². The van der Waals surface area contributed by atoms with Gasteiger partial charge in [-0.1, -0.05) is 27.7 Å². The first-order valence-electron chi connectivity index (χ1n) is 3.63. The molecule has 9 heteroatoms. The summed E-state index contributed by atoms with van der Waals surface area (Å²) in [5.74, 6) is 0. The van der Waals surface area contributed by atoms with Gasteiger partial charge < -0.3 is 99.4 Å². The molecule has 0 N–H and O–H groups in total. The second-order valence-electron chi connectivity index (χ2n) is 1.97. The maximum atomic E-state index is 4.35. The van der Waals surface area contributed by atoms with Crippen LogP contribution in [-0.4, -0.2) is 40.7 Å². The normalized spacial score (nSPS) is 5.88. The molecule has 0 saturated carbocycles. The van der Waals surface area contributed by atoms with E-state index in [1.165, 1.54) is 0 Å². The van der Waals surface area contributed by atoms with E-state index in [1.54, 1.807) is 27.7 Å². The van der Waals surface area contributed by atoms with Crippen molar-refractivity contribution in [3.63, 3.8) is 0 Å². The number of rotatable bonds is 0. The average molecular weight is 483 g/mol. The fourth-order valence-corrected chi connectivity index (χ4v) is 0. The molecule has 0 aliphatic rings. The van der Waals surface area contributed by atoms with E-state index in [4.69, 9.17) is 0 Å². The van der Waals surface area contributed by atoms with Gasteiger partial charge in [-0.3, -0.25) is 0 Å². The molecule has 0 spiro atoms. The summed E-state index contributed by atoms with van der Waals surface area (Å²) in [6.45, 7) is 6.85. The Morgan fingerprint density at radius 2 is 0.529 bits per heavy atom. The SMILES string of the molecule is CC(=S)[S-].CC(=S)[S-].CC(=S)[S-].CC(=S)[S-].[Sn+4]. The molecule has 0 nitrogen and oxygen atoms in total. The van der Waals surface area contributed by atoms with Crippen molar-refractivity contribution in [1.29, 1.82) is 0 Å². The van der Waals surface area contributed by atoms with Gasteiger partial charge in [0.15, 0.2) is 0 Å². The Kier molecular flexibility index (Phi) is 49.1. The van der Waals surface area contributed by atoms with Crippen LogP contribution < -0.4 is 0 Å². The van der Waals surface area contributed by atoms with E-state index in [1.807, 2.05) is 0 Å². The molecule has 0 rings (SSSR count). The summed E-state index contributed by atoms with van der Waals surface area (Å²) in [7, 11) is 0. The van der Waals surface area contributed by atoms with Crippen molar-refractivity contribution in [3.8, 4) is 0 Å². The third-order valence-corrected chi connectivity index (χ3v) is 0. The van der Waals surface area contributed by atoms with Crippen molar-refractivity contribution in [2.24, 2.45) is 0 Å². The van der Waals surface area contributed by atoms with Gasteiger partial charge in [-0.15, -0.1) is 0 Å². The molecule has 0 aliphatic heterocycles. The van der Waals surface area contributed by atoms with Crippen LogP contribution >= 0.6 is 48.9 Å². The van der Waals surface area contributed by atoms with Crippen molar-refractivity contribution < 1.29 is 0 Å². The Balaban J connectivity index is -0.0000000369. The van der Waals surface area contributed by atoms with Crippen LogP contribution in [0.5, 0.6) is 0 Å². The smallest absolute Gasteiger partial charge is 0.433 e. The Morgan fingerprint density at radius 3 is 0.529 bits per heavy atom. The van der Waals surface area contributed by atoms with Gasteiger partial charge in [-0.05, 0) is 0 Å². The maximum Gasteiger partial charge on any atom is 4.00 e. The van der Waals surface area contributed by atoms with E-state index < -0.39 is 0 Å². The molecule has 0 fully saturated rings. The fraction of sp³-hybridized carbons (Fsp3) is 0.500. The first kappa shape index (κ1) is 31.4. The zero-order valence-corrected chi connectivity index (χ0v) is 19.2. The predicted octanol–water partition coefficient (Wildman–Crippen LogP) is 3.14. The summed E-state index contributed by atoms with van der Waals surface area (Å²) in [5.41, 5.74) is 0. The van der Waals surface area contributed by atoms with Gasteiger partial charge in [-0.25, -0.2) is 0 Å². The molecule has 0 aromatic carbocycles. The molecule has 0 bridgehead atoms. The van der Waals surface area contributed by atoms with Gasteiger partial charge in [-0.2, -0.15) is 16.8 Å². The zero-order valence-electron chi connectivity index (χ0n) is 9.77. The van der Waals surface area contributed by atoms with Crippen LogP contribution in [0.25, 0.3) is 0 Å². The van der Waals surface area contributed by atoms with Crippen LogP contribution in [0.4, 0.5) is 0 Å². The molecule has 0 amide bonds. The Bertz CT molecular complexity index is 162. The van der Waals surface area contributed by atoms with Crippen LogP contribution in [0.2, 0.25) is 0 Å². The second-order valence-corrected chi connectivity index (χ2v) is 7.90. The van der Waals surface area contributed by atoms with Crippen molar-refractivity contribution in [2.45, 2.75) is 27.7 Å². The van der Waals surface area contributed by atoms with Gasteiger partial charge in [0, 0.05) is 0 Å². The van der Waals surface area contributed by atoms with Gasteiger partial charge in [0.25, 0.3) is 0 Å². The third-order valence-electron chi connectivity index (χ3n) is 0. The number of hydrogen-bond donors (Lipinski definition) is 0. The van der Waals surface area contributed by atoms with Crippen LogP contribution in [0.15, 0.2) is 0 Å². The van der Waals surface area contributed by atoms with E-state index >= 15 is 0 Å². The molecule has 0 atom stereocenters. The van der Waals surface area contributed by atoms with E-state index in [-0.39, 0.29) is 23.9 Å². The van der Waals surface area contributed by atoms with E-state index in [2.05, 4.69) is 99.4 Å². The average Bonchev–Trinajstić information content (AvgIpc) is 1.76. The zero-order chi connectivity index (χ0) is 14.3. The summed E-state index contributed by atoms with van der Waals surface area (Å²) in [6.07, 6.45) is 0. The van der Waals surface area contributed by atoms with Crippen molar-refractivity contribution in [2.75, 3.05) is 0 Å². The third kappa shape index (κ3) is 1120. The van der Waals surface area contributed by atoms with E-state index in [0.29, 0.717) is 16.8 Å². The van der Waals surface area contributed by atoms with Gasteiger partial charge >= 0.3 is 23.9 Å². The van der Waals surface area contributed by atoms with E-state index in [0.717, 1.165) is 0 Å². The largest absolute Gasteiger partial charge is 4.00 e. The van der Waals surface area contributed by atoms with Crippen molar-refractivity contribution in [1.82, 2.24) is 0 Å². The molecule has 0 unspecified atom stereocenters. The van der Waals surface area contributed by atoms with Crippen molar-refractivity contribution >= 4 is 140 Å². The summed E-state index contributed by atoms with van der Waals surface area (Å²) >= 11 is 34.8. The second kappa shape index (κ2) is 26.6. The van der Waals surface area contributed by atoms with E-state index in [9.17, 15) is 0 Å². The maximum absolute atomic E-state index is 4.35. The molecule has 0 aromatic rings. The Hall–Kier alpha value is 2.04. The first-order valence-corrected chi connectivity index (χ1v) is 6.90. The van der Waals surface area contributed by atoms with Crippen LogP contribution in [0, 0.1) is 0 Å². The minimum absolute atomic E-state index is 0. The minimum atomic E-state index is 0. The number of thiocarbonyl (C=S) groups is 4. The number of hydrogen-bond acceptors (Lipinski definition) is 8. The quantitative estimate of drug-likeness (QED) is 0.289. The summed E-state index contributed by atoms with van der Waals surface area (Å²) in [4.78, 5) is 0. The molecule has 0 saturated heterocycles. The van der Waals surface area contributed by atoms with Crippen LogP contribution in [-0.2, 0) is 50.5 Å². The molecule has 0 heterocycles. The molecular formula is C8H12S8Sn. The minimum Gasteiger partial charge on any atom is -0.433 e. The molecular weight excluding hydrogens is 471 g/mol. The summed E-state index contributed by atoms with van der Waals surface area (Å²) in [6, 6.07) is 0. The first-order chi connectivity index (χ1) is 6.93. The molecule has 0 aliphatic carbocycles. The Labute approximate surface area is 165 Å². The Morgan fingerprint density at radius 1 is 0.529 bits per heavy atom. The van der Waals surface area contributed by atoms with Gasteiger partial charge in [0.05, 0.1) is 0 Å². The van der Waals surface area contributed by atoms with Gasteiger partial charge in [0.2, 0.25) is 0 Å². The van der Waals surface area contributed by atoms with Crippen molar-refractivity contribution in [3.05, 3.63) is 0 Å². The van der Waals surface area contributed by atoms with Crippen LogP contribution in [0.1, 0.15) is 27.7 Å². The van der Waals surface area contributed by atoms with Crippen LogP contribution in [0.3, 0.4) is 0 Å². The monoisotopic (exact) mass is 484 g/mol. The molecule has 17 heavy (non-hydrogen) atoms. The molecule has 0 aromatic heterocycles. The standard InChI is InChI=1S/4C2H4S2.Sn/c4*1-2(3)4;/h4*1H3,(H,3,4);/q;;;;+4/p-4. The fourth-order valence-electron chi connectivity index (χ4n) is 0. The molecule has 96 valence electrons. The predicted molar refractivity (Wildman–Crippen MR) is 108 cm³/mol. The summed E-state index contributed by atoms with van der Waals surface area (Å²) in [5, 5.41) is 0. The topological polar surface area (TPSA) is 0 Å². The summed E-state index contributed by atoms with van der Waals surface area (Å²) < 4.78 is 2.33. The molecule has 0 radical (unpaired) electrons.